The average Bonchev–Trinajstić information content (AvgIpc) is 3.45. The first-order valence-electron chi connectivity index (χ1n) is 10.1. The molecule has 6 nitrogen and oxygen atoms in total. The van der Waals surface area contributed by atoms with Gasteiger partial charge in [-0.2, -0.15) is 5.10 Å². The molecule has 148 valence electrons. The van der Waals surface area contributed by atoms with Gasteiger partial charge in [0.1, 0.15) is 5.75 Å². The quantitative estimate of drug-likeness (QED) is 0.550. The molecule has 0 bridgehead atoms. The van der Waals surface area contributed by atoms with Crippen LogP contribution in [0.25, 0.3) is 22.3 Å². The number of fused-ring (bicyclic) bond motifs is 1. The summed E-state index contributed by atoms with van der Waals surface area (Å²) < 4.78 is 2.31. The Morgan fingerprint density at radius 3 is 2.79 bits per heavy atom. The first kappa shape index (κ1) is 17.9. The van der Waals surface area contributed by atoms with Crippen molar-refractivity contribution in [3.63, 3.8) is 0 Å². The Labute approximate surface area is 170 Å². The van der Waals surface area contributed by atoms with Gasteiger partial charge in [-0.3, -0.25) is 5.10 Å². The van der Waals surface area contributed by atoms with Crippen LogP contribution in [0.15, 0.2) is 61.1 Å². The molecule has 1 aliphatic heterocycles. The topological polar surface area (TPSA) is 59.0 Å². The zero-order chi connectivity index (χ0) is 19.8. The van der Waals surface area contributed by atoms with E-state index in [1.165, 1.54) is 11.1 Å². The molecule has 0 amide bonds. The Morgan fingerprint density at radius 1 is 1.14 bits per heavy atom. The molecule has 6 heteroatoms. The van der Waals surface area contributed by atoms with Gasteiger partial charge in [0, 0.05) is 37.1 Å². The molecule has 4 heterocycles. The second kappa shape index (κ2) is 7.37. The Morgan fingerprint density at radius 2 is 2.00 bits per heavy atom. The number of nitrogens with one attached hydrogen (secondary N) is 1. The van der Waals surface area contributed by atoms with E-state index >= 15 is 0 Å². The summed E-state index contributed by atoms with van der Waals surface area (Å²) in [6.07, 6.45) is 6.93. The summed E-state index contributed by atoms with van der Waals surface area (Å²) in [5.74, 6) is 1.45. The van der Waals surface area contributed by atoms with Gasteiger partial charge in [-0.15, -0.1) is 5.06 Å². The third-order valence-corrected chi connectivity index (χ3v) is 5.72. The number of H-pyrrole nitrogens is 1. The number of nitrogens with zero attached hydrogens (tertiary/aromatic N) is 4. The molecule has 4 aromatic rings. The average molecular weight is 387 g/mol. The minimum absolute atomic E-state index is 0.397. The predicted molar refractivity (Wildman–Crippen MR) is 113 cm³/mol. The minimum atomic E-state index is 0.397. The Balaban J connectivity index is 1.29. The van der Waals surface area contributed by atoms with Gasteiger partial charge in [0.15, 0.2) is 0 Å². The van der Waals surface area contributed by atoms with Gasteiger partial charge in [0.05, 0.1) is 22.9 Å². The largest absolute Gasteiger partial charge is 0.406 e. The maximum Gasteiger partial charge on any atom is 0.147 e. The van der Waals surface area contributed by atoms with E-state index in [0.29, 0.717) is 12.0 Å². The van der Waals surface area contributed by atoms with Crippen molar-refractivity contribution in [1.82, 2.24) is 24.8 Å². The minimum Gasteiger partial charge on any atom is -0.406 e. The molecule has 1 saturated heterocycles. The monoisotopic (exact) mass is 387 g/mol. The zero-order valence-electron chi connectivity index (χ0n) is 16.7. The summed E-state index contributed by atoms with van der Waals surface area (Å²) in [6, 6.07) is 15.0. The standard InChI is InChI=1S/C23H25N5O/c1-16-3-5-20(6-4-16)29-28-15-18(11-17(28)2)14-27-10-9-22-23(27)8-7-21(26-22)19-12-24-25-13-19/h3-10,12-13,17-18H,11,14-15H2,1-2H3,(H,24,25)/t17-,18-/m1/s1. The van der Waals surface area contributed by atoms with E-state index in [1.807, 2.05) is 18.3 Å². The van der Waals surface area contributed by atoms with Crippen LogP contribution >= 0.6 is 0 Å². The Bertz CT molecular complexity index is 1100. The third-order valence-electron chi connectivity index (χ3n) is 5.72. The van der Waals surface area contributed by atoms with Crippen LogP contribution in [0.3, 0.4) is 0 Å². The van der Waals surface area contributed by atoms with E-state index in [1.54, 1.807) is 6.20 Å². The molecule has 1 fully saturated rings. The summed E-state index contributed by atoms with van der Waals surface area (Å²) in [6.45, 7) is 6.22. The Hall–Kier alpha value is -3.12. The molecule has 0 radical (unpaired) electrons. The van der Waals surface area contributed by atoms with Crippen molar-refractivity contribution in [2.75, 3.05) is 6.54 Å². The van der Waals surface area contributed by atoms with Crippen LogP contribution in [-0.4, -0.2) is 37.4 Å². The Kier molecular flexibility index (Phi) is 4.56. The fraction of sp³-hybridized carbons (Fsp3) is 0.304. The number of hydrogen-bond donors (Lipinski definition) is 1. The molecule has 0 unspecified atom stereocenters. The number of benzene rings is 1. The molecule has 3 aromatic heterocycles. The number of rotatable bonds is 5. The zero-order valence-corrected chi connectivity index (χ0v) is 16.7. The summed E-state index contributed by atoms with van der Waals surface area (Å²) in [7, 11) is 0. The molecule has 2 atom stereocenters. The molecule has 0 spiro atoms. The van der Waals surface area contributed by atoms with Gasteiger partial charge in [-0.25, -0.2) is 4.98 Å². The molecule has 0 aliphatic carbocycles. The number of hydrogen-bond acceptors (Lipinski definition) is 4. The van der Waals surface area contributed by atoms with Crippen LogP contribution in [0.5, 0.6) is 5.75 Å². The SMILES string of the molecule is Cc1ccc(ON2C[C@@H](Cn3ccc4nc(-c5cn[nH]c5)ccc43)C[C@H]2C)cc1. The summed E-state index contributed by atoms with van der Waals surface area (Å²) >= 11 is 0. The fourth-order valence-electron chi connectivity index (χ4n) is 4.17. The van der Waals surface area contributed by atoms with E-state index in [0.717, 1.165) is 42.0 Å². The second-order valence-electron chi connectivity index (χ2n) is 8.01. The molecule has 29 heavy (non-hydrogen) atoms. The van der Waals surface area contributed by atoms with Crippen LogP contribution < -0.4 is 4.84 Å². The number of aryl methyl sites for hydroxylation is 1. The molecular formula is C23H25N5O. The van der Waals surface area contributed by atoms with Gasteiger partial charge < -0.3 is 9.40 Å². The first-order chi connectivity index (χ1) is 14.2. The highest BCUT2D eigenvalue weighted by atomic mass is 16.7. The highest BCUT2D eigenvalue weighted by Crippen LogP contribution is 2.28. The van der Waals surface area contributed by atoms with Crippen molar-refractivity contribution in [2.24, 2.45) is 5.92 Å². The van der Waals surface area contributed by atoms with Gasteiger partial charge in [0.25, 0.3) is 0 Å². The number of aromatic nitrogens is 4. The first-order valence-corrected chi connectivity index (χ1v) is 10.1. The smallest absolute Gasteiger partial charge is 0.147 e. The summed E-state index contributed by atoms with van der Waals surface area (Å²) in [5, 5.41) is 8.98. The maximum absolute atomic E-state index is 6.14. The second-order valence-corrected chi connectivity index (χ2v) is 8.01. The van der Waals surface area contributed by atoms with Crippen molar-refractivity contribution >= 4 is 11.0 Å². The third kappa shape index (κ3) is 3.63. The van der Waals surface area contributed by atoms with Crippen LogP contribution in [0.4, 0.5) is 0 Å². The summed E-state index contributed by atoms with van der Waals surface area (Å²) in [4.78, 5) is 10.9. The van der Waals surface area contributed by atoms with Crippen LogP contribution in [-0.2, 0) is 6.54 Å². The van der Waals surface area contributed by atoms with Crippen molar-refractivity contribution in [3.8, 4) is 17.0 Å². The maximum atomic E-state index is 6.14. The fourth-order valence-corrected chi connectivity index (χ4v) is 4.17. The number of hydroxylamine groups is 2. The van der Waals surface area contributed by atoms with Crippen molar-refractivity contribution in [3.05, 3.63) is 66.6 Å². The van der Waals surface area contributed by atoms with Crippen molar-refractivity contribution in [1.29, 1.82) is 0 Å². The van der Waals surface area contributed by atoms with E-state index in [4.69, 9.17) is 9.82 Å². The molecule has 0 saturated carbocycles. The van der Waals surface area contributed by atoms with E-state index in [2.05, 4.69) is 70.2 Å². The van der Waals surface area contributed by atoms with Gasteiger partial charge in [-0.05, 0) is 56.5 Å². The molecule has 1 aliphatic rings. The van der Waals surface area contributed by atoms with Gasteiger partial charge >= 0.3 is 0 Å². The highest BCUT2D eigenvalue weighted by Gasteiger charge is 2.31. The normalized spacial score (nSPS) is 19.8. The van der Waals surface area contributed by atoms with Crippen LogP contribution in [0, 0.1) is 12.8 Å². The predicted octanol–water partition coefficient (Wildman–Crippen LogP) is 4.44. The van der Waals surface area contributed by atoms with Crippen LogP contribution in [0.1, 0.15) is 18.9 Å². The van der Waals surface area contributed by atoms with Crippen LogP contribution in [0.2, 0.25) is 0 Å². The van der Waals surface area contributed by atoms with Crippen molar-refractivity contribution < 1.29 is 4.84 Å². The molecule has 1 aromatic carbocycles. The lowest BCUT2D eigenvalue weighted by Gasteiger charge is -2.21. The molecule has 5 rings (SSSR count). The van der Waals surface area contributed by atoms with E-state index < -0.39 is 0 Å². The number of pyridine rings is 1. The summed E-state index contributed by atoms with van der Waals surface area (Å²) in [5.41, 5.74) is 5.38. The molecular weight excluding hydrogens is 362 g/mol. The van der Waals surface area contributed by atoms with E-state index in [-0.39, 0.29) is 0 Å². The number of aromatic amines is 1. The lowest BCUT2D eigenvalue weighted by atomic mass is 10.1. The highest BCUT2D eigenvalue weighted by molar-refractivity contribution is 5.79. The van der Waals surface area contributed by atoms with Crippen molar-refractivity contribution in [2.45, 2.75) is 32.9 Å². The van der Waals surface area contributed by atoms with Gasteiger partial charge in [-0.1, -0.05) is 17.7 Å². The lowest BCUT2D eigenvalue weighted by Crippen LogP contribution is -2.31. The van der Waals surface area contributed by atoms with Gasteiger partial charge in [0.2, 0.25) is 0 Å². The molecule has 1 N–H and O–H groups in total. The lowest BCUT2D eigenvalue weighted by molar-refractivity contribution is -0.0675. The van der Waals surface area contributed by atoms with E-state index in [9.17, 15) is 0 Å².